The summed E-state index contributed by atoms with van der Waals surface area (Å²) >= 11 is 0. The maximum absolute atomic E-state index is 12.4. The van der Waals surface area contributed by atoms with Crippen LogP contribution in [0, 0.1) is 30.5 Å². The molecule has 1 heterocycles. The third-order valence-corrected chi connectivity index (χ3v) is 1.21. The molecule has 0 amide bonds. The lowest BCUT2D eigenvalue weighted by Gasteiger charge is -1.98. The monoisotopic (exact) mass is 165 g/mol. The molecule has 0 N–H and O–H groups in total. The number of halogens is 4. The Morgan fingerprint density at radius 2 is 1.45 bits per heavy atom. The van der Waals surface area contributed by atoms with Crippen molar-refractivity contribution in [3.63, 3.8) is 0 Å². The molecule has 0 saturated heterocycles. The van der Waals surface area contributed by atoms with Crippen LogP contribution >= 0.6 is 0 Å². The molecule has 0 bridgehead atoms. The summed E-state index contributed by atoms with van der Waals surface area (Å²) in [5.74, 6) is -6.37. The second-order valence-electron chi connectivity index (χ2n) is 1.95. The van der Waals surface area contributed by atoms with Crippen molar-refractivity contribution in [2.45, 2.75) is 6.92 Å². The maximum Gasteiger partial charge on any atom is 0.254 e. The van der Waals surface area contributed by atoms with Gasteiger partial charge in [-0.15, -0.1) is 0 Å². The minimum absolute atomic E-state index is 0.621. The molecule has 0 aliphatic rings. The van der Waals surface area contributed by atoms with E-state index in [1.54, 1.807) is 0 Å². The molecule has 1 rings (SSSR count). The lowest BCUT2D eigenvalue weighted by atomic mass is 10.3. The average molecular weight is 165 g/mol. The highest BCUT2D eigenvalue weighted by atomic mass is 19.2. The zero-order chi connectivity index (χ0) is 8.59. The van der Waals surface area contributed by atoms with Gasteiger partial charge in [0.25, 0.3) is 5.95 Å². The quantitative estimate of drug-likeness (QED) is 0.423. The highest BCUT2D eigenvalue weighted by Crippen LogP contribution is 2.14. The first kappa shape index (κ1) is 7.97. The fraction of sp³-hybridized carbons (Fsp3) is 0.167. The molecule has 0 atom stereocenters. The van der Waals surface area contributed by atoms with Gasteiger partial charge in [-0.3, -0.25) is 0 Å². The van der Waals surface area contributed by atoms with Crippen molar-refractivity contribution in [2.24, 2.45) is 0 Å². The molecule has 0 fully saturated rings. The molecule has 0 spiro atoms. The van der Waals surface area contributed by atoms with Gasteiger partial charge >= 0.3 is 0 Å². The zero-order valence-electron chi connectivity index (χ0n) is 5.46. The van der Waals surface area contributed by atoms with E-state index >= 15 is 0 Å². The largest absolute Gasteiger partial charge is 0.254 e. The standard InChI is InChI=1S/C6H3F4N/c1-2-3(7)4(8)6(10)11-5(2)9/h1H3. The molecular weight excluding hydrogens is 162 g/mol. The van der Waals surface area contributed by atoms with Crippen molar-refractivity contribution < 1.29 is 17.6 Å². The molecular formula is C6H3F4N. The van der Waals surface area contributed by atoms with Gasteiger partial charge in [0, 0.05) is 5.56 Å². The number of hydrogen-bond donors (Lipinski definition) is 0. The predicted octanol–water partition coefficient (Wildman–Crippen LogP) is 1.95. The van der Waals surface area contributed by atoms with Gasteiger partial charge in [0.15, 0.2) is 5.82 Å². The second-order valence-corrected chi connectivity index (χ2v) is 1.95. The number of rotatable bonds is 0. The Bertz CT molecular complexity index is 271. The first-order chi connectivity index (χ1) is 5.04. The molecule has 0 saturated carbocycles. The third kappa shape index (κ3) is 1.18. The zero-order valence-corrected chi connectivity index (χ0v) is 5.46. The first-order valence-corrected chi connectivity index (χ1v) is 2.70. The number of hydrogen-bond acceptors (Lipinski definition) is 1. The highest BCUT2D eigenvalue weighted by molar-refractivity contribution is 5.13. The minimum atomic E-state index is -1.76. The van der Waals surface area contributed by atoms with Crippen LogP contribution in [-0.4, -0.2) is 4.98 Å². The predicted molar refractivity (Wildman–Crippen MR) is 28.8 cm³/mol. The maximum atomic E-state index is 12.4. The van der Waals surface area contributed by atoms with E-state index in [0.717, 1.165) is 6.92 Å². The van der Waals surface area contributed by atoms with Crippen LogP contribution in [0.25, 0.3) is 0 Å². The van der Waals surface area contributed by atoms with Crippen LogP contribution in [0.2, 0.25) is 0 Å². The summed E-state index contributed by atoms with van der Waals surface area (Å²) in [6, 6.07) is 0. The van der Waals surface area contributed by atoms with E-state index in [1.165, 1.54) is 0 Å². The van der Waals surface area contributed by atoms with E-state index in [0.29, 0.717) is 0 Å². The van der Waals surface area contributed by atoms with Crippen LogP contribution in [0.3, 0.4) is 0 Å². The summed E-state index contributed by atoms with van der Waals surface area (Å²) < 4.78 is 48.9. The minimum Gasteiger partial charge on any atom is -0.203 e. The van der Waals surface area contributed by atoms with Crippen LogP contribution in [0.4, 0.5) is 17.6 Å². The molecule has 0 unspecified atom stereocenters. The Labute approximate surface area is 59.7 Å². The molecule has 1 nitrogen and oxygen atoms in total. The summed E-state index contributed by atoms with van der Waals surface area (Å²) in [5, 5.41) is 0. The number of aromatic nitrogens is 1. The van der Waals surface area contributed by atoms with E-state index in [-0.39, 0.29) is 0 Å². The van der Waals surface area contributed by atoms with Gasteiger partial charge in [0.2, 0.25) is 11.8 Å². The van der Waals surface area contributed by atoms with Crippen molar-refractivity contribution in [3.05, 3.63) is 29.1 Å². The first-order valence-electron chi connectivity index (χ1n) is 2.70. The normalized spacial score (nSPS) is 10.3. The molecule has 0 aromatic carbocycles. The molecule has 1 aromatic rings. The SMILES string of the molecule is Cc1c(F)nc(F)c(F)c1F. The Kier molecular flexibility index (Phi) is 1.80. The van der Waals surface area contributed by atoms with Gasteiger partial charge in [-0.2, -0.15) is 18.2 Å². The second kappa shape index (κ2) is 2.48. The third-order valence-electron chi connectivity index (χ3n) is 1.21. The summed E-state index contributed by atoms with van der Waals surface area (Å²) in [5.41, 5.74) is -0.621. The molecule has 5 heteroatoms. The van der Waals surface area contributed by atoms with E-state index in [4.69, 9.17) is 0 Å². The molecule has 0 aliphatic carbocycles. The van der Waals surface area contributed by atoms with Crippen LogP contribution in [0.15, 0.2) is 0 Å². The van der Waals surface area contributed by atoms with Crippen LogP contribution in [-0.2, 0) is 0 Å². The molecule has 11 heavy (non-hydrogen) atoms. The van der Waals surface area contributed by atoms with Gasteiger partial charge in [0.05, 0.1) is 0 Å². The summed E-state index contributed by atoms with van der Waals surface area (Å²) in [6.45, 7) is 0.972. The van der Waals surface area contributed by atoms with E-state index in [1.807, 2.05) is 0 Å². The van der Waals surface area contributed by atoms with Crippen LogP contribution in [0.1, 0.15) is 5.56 Å². The smallest absolute Gasteiger partial charge is 0.203 e. The highest BCUT2D eigenvalue weighted by Gasteiger charge is 2.16. The lowest BCUT2D eigenvalue weighted by molar-refractivity contribution is 0.395. The topological polar surface area (TPSA) is 12.9 Å². The molecule has 60 valence electrons. The number of nitrogens with zero attached hydrogens (tertiary/aromatic N) is 1. The Balaban J connectivity index is 3.46. The van der Waals surface area contributed by atoms with Gasteiger partial charge < -0.3 is 0 Å². The fourth-order valence-corrected chi connectivity index (χ4v) is 0.565. The van der Waals surface area contributed by atoms with Crippen LogP contribution in [0.5, 0.6) is 0 Å². The van der Waals surface area contributed by atoms with E-state index in [9.17, 15) is 17.6 Å². The average Bonchev–Trinajstić information content (AvgIpc) is 1.97. The van der Waals surface area contributed by atoms with Gasteiger partial charge in [-0.05, 0) is 6.92 Å². The van der Waals surface area contributed by atoms with Gasteiger partial charge in [0.1, 0.15) is 0 Å². The Morgan fingerprint density at radius 3 is 2.00 bits per heavy atom. The van der Waals surface area contributed by atoms with Gasteiger partial charge in [-0.1, -0.05) is 0 Å². The van der Waals surface area contributed by atoms with Crippen molar-refractivity contribution in [3.8, 4) is 0 Å². The van der Waals surface area contributed by atoms with Crippen molar-refractivity contribution in [1.82, 2.24) is 4.98 Å². The van der Waals surface area contributed by atoms with Crippen LogP contribution < -0.4 is 0 Å². The number of pyridine rings is 1. The summed E-state index contributed by atoms with van der Waals surface area (Å²) in [6.07, 6.45) is 0. The summed E-state index contributed by atoms with van der Waals surface area (Å²) in [7, 11) is 0. The lowest BCUT2D eigenvalue weighted by Crippen LogP contribution is -2.02. The molecule has 0 radical (unpaired) electrons. The summed E-state index contributed by atoms with van der Waals surface area (Å²) in [4.78, 5) is 2.49. The van der Waals surface area contributed by atoms with E-state index < -0.39 is 29.1 Å². The van der Waals surface area contributed by atoms with E-state index in [2.05, 4.69) is 4.98 Å². The van der Waals surface area contributed by atoms with Crippen molar-refractivity contribution in [2.75, 3.05) is 0 Å². The van der Waals surface area contributed by atoms with Crippen molar-refractivity contribution in [1.29, 1.82) is 0 Å². The Morgan fingerprint density at radius 1 is 0.909 bits per heavy atom. The Hall–Kier alpha value is -1.13. The van der Waals surface area contributed by atoms with Gasteiger partial charge in [-0.25, -0.2) is 4.39 Å². The fourth-order valence-electron chi connectivity index (χ4n) is 0.565. The molecule has 0 aliphatic heterocycles. The molecule has 1 aromatic heterocycles. The van der Waals surface area contributed by atoms with Crippen molar-refractivity contribution >= 4 is 0 Å².